The monoisotopic (exact) mass is 577 g/mol. The predicted octanol–water partition coefficient (Wildman–Crippen LogP) is 4.03. The van der Waals surface area contributed by atoms with Crippen LogP contribution in [0.4, 0.5) is 15.4 Å². The summed E-state index contributed by atoms with van der Waals surface area (Å²) in [7, 11) is 1.83. The van der Waals surface area contributed by atoms with Crippen LogP contribution in [-0.4, -0.2) is 46.3 Å². The summed E-state index contributed by atoms with van der Waals surface area (Å²) in [6.45, 7) is 8.74. The number of carbonyl (C=O) groups excluding carboxylic acids is 2. The van der Waals surface area contributed by atoms with E-state index in [2.05, 4.69) is 0 Å². The molecule has 12 heteroatoms. The number of amides is 2. The van der Waals surface area contributed by atoms with Gasteiger partial charge in [-0.05, 0) is 56.0 Å². The highest BCUT2D eigenvalue weighted by Crippen LogP contribution is 2.45. The van der Waals surface area contributed by atoms with Gasteiger partial charge in [0.2, 0.25) is 0 Å². The van der Waals surface area contributed by atoms with Crippen LogP contribution in [0, 0.1) is 5.41 Å². The van der Waals surface area contributed by atoms with Gasteiger partial charge in [-0.1, -0.05) is 26.3 Å². The highest BCUT2D eigenvalue weighted by Gasteiger charge is 2.43. The molecular formula is C30H37N6O6+. The van der Waals surface area contributed by atoms with Crippen LogP contribution in [0.3, 0.4) is 0 Å². The number of aliphatic carboxylic acids is 1. The smallest absolute Gasteiger partial charge is 0.410 e. The van der Waals surface area contributed by atoms with Crippen molar-refractivity contribution in [3.63, 3.8) is 0 Å². The Morgan fingerprint density at radius 2 is 1.76 bits per heavy atom. The molecule has 0 spiro atoms. The molecule has 222 valence electrons. The summed E-state index contributed by atoms with van der Waals surface area (Å²) in [5.74, 6) is 1.35. The minimum Gasteiger partial charge on any atom is -0.481 e. The molecule has 3 aliphatic heterocycles. The molecule has 0 unspecified atom stereocenters. The van der Waals surface area contributed by atoms with Gasteiger partial charge >= 0.3 is 24.0 Å². The number of rotatable bonds is 10. The number of aryl methyl sites for hydroxylation is 1. The third-order valence-electron chi connectivity index (χ3n) is 7.58. The number of nitrogens with two attached hydrogens (primary N) is 2. The molecule has 0 radical (unpaired) electrons. The zero-order chi connectivity index (χ0) is 30.8. The maximum Gasteiger partial charge on any atom is 0.410 e. The summed E-state index contributed by atoms with van der Waals surface area (Å²) in [5.41, 5.74) is 12.9. The van der Waals surface area contributed by atoms with Gasteiger partial charge in [-0.3, -0.25) is 4.79 Å². The molecule has 0 fully saturated rings. The molecule has 2 amide bonds. The molecule has 12 nitrogen and oxygen atoms in total. The molecule has 0 saturated carbocycles. The average molecular weight is 578 g/mol. The van der Waals surface area contributed by atoms with Gasteiger partial charge in [0.05, 0.1) is 23.7 Å². The summed E-state index contributed by atoms with van der Waals surface area (Å²) in [4.78, 5) is 45.3. The zero-order valence-corrected chi connectivity index (χ0v) is 24.5. The SMILES string of the molecule is C[n+]1cc(OC(N)=O)cc2c1N=C(/C=C/C=C1\N=C3C(=CC(OC(N)=O)=CN3CCCCCC(=O)O)C1(C)C)C2(C)C. The van der Waals surface area contributed by atoms with Crippen molar-refractivity contribution in [3.8, 4) is 5.75 Å². The largest absolute Gasteiger partial charge is 0.481 e. The van der Waals surface area contributed by atoms with Crippen LogP contribution >= 0.6 is 0 Å². The number of carboxylic acids is 1. The van der Waals surface area contributed by atoms with E-state index in [0.29, 0.717) is 24.5 Å². The Labute approximate surface area is 244 Å². The van der Waals surface area contributed by atoms with Crippen LogP contribution in [0.15, 0.2) is 69.8 Å². The molecule has 0 bridgehead atoms. The molecule has 4 heterocycles. The molecule has 1 aromatic rings. The molecule has 0 aromatic carbocycles. The lowest BCUT2D eigenvalue weighted by atomic mass is 9.81. The van der Waals surface area contributed by atoms with Crippen LogP contribution in [0.5, 0.6) is 5.75 Å². The Morgan fingerprint density at radius 3 is 2.43 bits per heavy atom. The summed E-state index contributed by atoms with van der Waals surface area (Å²) in [5, 5.41) is 8.91. The molecule has 42 heavy (non-hydrogen) atoms. The Kier molecular flexibility index (Phi) is 8.37. The average Bonchev–Trinajstić information content (AvgIpc) is 3.27. The highest BCUT2D eigenvalue weighted by atomic mass is 16.6. The highest BCUT2D eigenvalue weighted by molar-refractivity contribution is 6.08. The van der Waals surface area contributed by atoms with E-state index < -0.39 is 29.0 Å². The van der Waals surface area contributed by atoms with Crippen molar-refractivity contribution in [2.75, 3.05) is 6.54 Å². The summed E-state index contributed by atoms with van der Waals surface area (Å²) < 4.78 is 12.1. The minimum absolute atomic E-state index is 0.123. The Balaban J connectivity index is 1.58. The third kappa shape index (κ3) is 6.27. The van der Waals surface area contributed by atoms with Crippen molar-refractivity contribution in [1.29, 1.82) is 0 Å². The molecule has 4 rings (SSSR count). The zero-order valence-electron chi connectivity index (χ0n) is 24.5. The first kappa shape index (κ1) is 30.2. The van der Waals surface area contributed by atoms with E-state index in [1.807, 2.05) is 57.9 Å². The Morgan fingerprint density at radius 1 is 1.05 bits per heavy atom. The maximum absolute atomic E-state index is 11.5. The van der Waals surface area contributed by atoms with Crippen molar-refractivity contribution in [2.45, 2.75) is 58.8 Å². The van der Waals surface area contributed by atoms with Gasteiger partial charge in [-0.2, -0.15) is 0 Å². The second kappa shape index (κ2) is 11.6. The predicted molar refractivity (Wildman–Crippen MR) is 156 cm³/mol. The second-order valence-electron chi connectivity index (χ2n) is 11.4. The first-order valence-corrected chi connectivity index (χ1v) is 13.7. The molecule has 0 atom stereocenters. The molecule has 5 N–H and O–H groups in total. The lowest BCUT2D eigenvalue weighted by Crippen LogP contribution is -2.33. The van der Waals surface area contributed by atoms with Crippen molar-refractivity contribution in [2.24, 2.45) is 33.9 Å². The fraction of sp³-hybridized carbons (Fsp3) is 0.400. The van der Waals surface area contributed by atoms with Gasteiger partial charge in [0.1, 0.15) is 17.8 Å². The normalized spacial score (nSPS) is 19.1. The fourth-order valence-corrected chi connectivity index (χ4v) is 5.24. The van der Waals surface area contributed by atoms with Gasteiger partial charge in [0, 0.05) is 30.2 Å². The van der Waals surface area contributed by atoms with E-state index in [1.165, 1.54) is 0 Å². The number of nitrogens with zero attached hydrogens (tertiary/aromatic N) is 4. The van der Waals surface area contributed by atoms with Crippen molar-refractivity contribution in [3.05, 3.63) is 65.4 Å². The second-order valence-corrected chi connectivity index (χ2v) is 11.4. The fourth-order valence-electron chi connectivity index (χ4n) is 5.24. The first-order chi connectivity index (χ1) is 19.7. The Bertz CT molecular complexity index is 1510. The van der Waals surface area contributed by atoms with Crippen molar-refractivity contribution in [1.82, 2.24) is 4.90 Å². The van der Waals surface area contributed by atoms with Crippen LogP contribution in [-0.2, 0) is 22.0 Å². The number of primary amides is 2. The molecule has 1 aromatic heterocycles. The summed E-state index contributed by atoms with van der Waals surface area (Å²) >= 11 is 0. The number of aliphatic imine (C=N–C) groups is 2. The molecule has 0 aliphatic carbocycles. The number of carbonyl (C=O) groups is 3. The van der Waals surface area contributed by atoms with E-state index in [0.717, 1.165) is 47.0 Å². The van der Waals surface area contributed by atoms with E-state index >= 15 is 0 Å². The minimum atomic E-state index is -0.906. The van der Waals surface area contributed by atoms with Crippen LogP contribution in [0.25, 0.3) is 0 Å². The van der Waals surface area contributed by atoms with Gasteiger partial charge in [-0.15, -0.1) is 0 Å². The number of hydrogen-bond donors (Lipinski definition) is 3. The number of ether oxygens (including phenoxy) is 2. The van der Waals surface area contributed by atoms with Gasteiger partial charge in [-0.25, -0.2) is 19.1 Å². The Hall–Kier alpha value is -4.74. The lowest BCUT2D eigenvalue weighted by Gasteiger charge is -2.30. The molecule has 0 saturated heterocycles. The summed E-state index contributed by atoms with van der Waals surface area (Å²) in [6, 6.07) is 1.78. The van der Waals surface area contributed by atoms with Crippen LogP contribution in [0.2, 0.25) is 0 Å². The number of amidine groups is 1. The van der Waals surface area contributed by atoms with E-state index in [1.54, 1.807) is 29.1 Å². The first-order valence-electron chi connectivity index (χ1n) is 13.7. The van der Waals surface area contributed by atoms with E-state index in [-0.39, 0.29) is 6.42 Å². The number of hydrogen-bond acceptors (Lipinski definition) is 8. The number of allylic oxidation sites excluding steroid dienone is 5. The number of fused-ring (bicyclic) bond motifs is 2. The summed E-state index contributed by atoms with van der Waals surface area (Å²) in [6.07, 6.45) is 11.3. The van der Waals surface area contributed by atoms with Gasteiger partial charge in [0.25, 0.3) is 0 Å². The van der Waals surface area contributed by atoms with Crippen LogP contribution < -0.4 is 20.8 Å². The van der Waals surface area contributed by atoms with Crippen molar-refractivity contribution >= 4 is 35.5 Å². The van der Waals surface area contributed by atoms with Gasteiger partial charge < -0.3 is 30.9 Å². The third-order valence-corrected chi connectivity index (χ3v) is 7.58. The van der Waals surface area contributed by atoms with E-state index in [9.17, 15) is 14.4 Å². The quantitative estimate of drug-likeness (QED) is 0.278. The standard InChI is InChI=1S/C30H36N6O6/c1-29(2)20-14-18(41-27(31)39)16-35(5)25(20)33-22(29)10-9-11-23-30(3,4)21-15-19(42-28(32)40)17-36(26(21)34-23)13-8-6-7-12-24(37)38/h9-11,14-17H,6-8,12-13H2,1-5H3,(H4-,31,32,37,38,39,40)/p+1. The van der Waals surface area contributed by atoms with Gasteiger partial charge in [0.15, 0.2) is 11.5 Å². The lowest BCUT2D eigenvalue weighted by molar-refractivity contribution is -0.658. The maximum atomic E-state index is 11.5. The molecular weight excluding hydrogens is 540 g/mol. The number of unbranched alkanes of at least 4 members (excludes halogenated alkanes) is 2. The topological polar surface area (TPSA) is 174 Å². The molecule has 3 aliphatic rings. The van der Waals surface area contributed by atoms with Crippen LogP contribution in [0.1, 0.15) is 58.9 Å². The number of carboxylic acid groups (broad SMARTS) is 1. The van der Waals surface area contributed by atoms with Crippen molar-refractivity contribution < 1.29 is 33.5 Å². The number of pyridine rings is 1. The number of aromatic nitrogens is 1. The van der Waals surface area contributed by atoms with E-state index in [4.69, 9.17) is 36.0 Å².